The van der Waals surface area contributed by atoms with Gasteiger partial charge in [-0.2, -0.15) is 12.6 Å². The van der Waals surface area contributed by atoms with Crippen LogP contribution in [0.25, 0.3) is 0 Å². The number of carbonyl (C=O) groups excluding carboxylic acids is 7. The fourth-order valence-electron chi connectivity index (χ4n) is 8.18. The van der Waals surface area contributed by atoms with Gasteiger partial charge in [-0.15, -0.1) is 0 Å². The zero-order valence-electron chi connectivity index (χ0n) is 41.1. The lowest BCUT2D eigenvalue weighted by Crippen LogP contribution is -2.60. The number of nitrogens with zero attached hydrogens (tertiary/aromatic N) is 3. The summed E-state index contributed by atoms with van der Waals surface area (Å²) in [7, 11) is -5.08. The summed E-state index contributed by atoms with van der Waals surface area (Å²) in [5, 5.41) is 13.2. The predicted molar refractivity (Wildman–Crippen MR) is 266 cm³/mol. The number of imidazole rings is 1. The number of aryl methyl sites for hydroxylation is 2. The highest BCUT2D eigenvalue weighted by molar-refractivity contribution is 7.80. The molecule has 70 heavy (non-hydrogen) atoms. The van der Waals surface area contributed by atoms with Crippen LogP contribution in [-0.4, -0.2) is 127 Å². The van der Waals surface area contributed by atoms with Gasteiger partial charge in [0.15, 0.2) is 0 Å². The van der Waals surface area contributed by atoms with Gasteiger partial charge in [-0.1, -0.05) is 76.3 Å². The molecule has 1 saturated heterocycles. The second-order valence-electron chi connectivity index (χ2n) is 18.4. The fraction of sp³-hybridized carbons (Fsp3) is 0.660. The van der Waals surface area contributed by atoms with Gasteiger partial charge in [0.05, 0.1) is 18.5 Å². The number of primary amides is 1. The molecule has 1 fully saturated rings. The Labute approximate surface area is 417 Å². The Kier molecular flexibility index (Phi) is 26.1. The van der Waals surface area contributed by atoms with Gasteiger partial charge in [-0.05, 0) is 76.7 Å². The number of phosphoric acid groups is 1. The number of thiol groups is 1. The molecule has 3 rings (SSSR count). The van der Waals surface area contributed by atoms with E-state index in [1.807, 2.05) is 36.6 Å². The molecule has 7 atom stereocenters. The normalized spacial score (nSPS) is 16.4. The van der Waals surface area contributed by atoms with Crippen LogP contribution >= 0.6 is 20.5 Å². The first-order valence-corrected chi connectivity index (χ1v) is 26.6. The summed E-state index contributed by atoms with van der Waals surface area (Å²) in [5.41, 5.74) is 13.0. The van der Waals surface area contributed by atoms with E-state index >= 15 is 0 Å². The fourth-order valence-corrected chi connectivity index (χ4v) is 8.90. The van der Waals surface area contributed by atoms with Crippen LogP contribution in [0.2, 0.25) is 0 Å². The SMILES string of the molecule is CC(C)CC(NC(=O)C1CCCN1C(=O)CCCCCNC(=O)C(N)CS)C(=O)NC(Cc1cncn1CCCCCCCCc1ccccc1)C(=O)NC(C)C(=O)NC(C(N)=O)C(C)OP(=O)(O)O. The molecule has 23 heteroatoms. The van der Waals surface area contributed by atoms with Crippen LogP contribution < -0.4 is 38.1 Å². The number of carbonyl (C=O) groups is 7. The molecule has 1 aromatic heterocycles. The van der Waals surface area contributed by atoms with Gasteiger partial charge < -0.3 is 57.3 Å². The molecular weight excluding hydrogens is 944 g/mol. The van der Waals surface area contributed by atoms with Crippen LogP contribution in [-0.2, 0) is 62.0 Å². The highest BCUT2D eigenvalue weighted by Gasteiger charge is 2.37. The van der Waals surface area contributed by atoms with E-state index in [0.717, 1.165) is 51.9 Å². The summed E-state index contributed by atoms with van der Waals surface area (Å²) < 4.78 is 17.9. The molecular formula is C47H77N10O11PS. The van der Waals surface area contributed by atoms with E-state index in [4.69, 9.17) is 11.5 Å². The van der Waals surface area contributed by atoms with Gasteiger partial charge in [0.1, 0.15) is 30.2 Å². The quantitative estimate of drug-likeness (QED) is 0.0278. The van der Waals surface area contributed by atoms with Crippen molar-refractivity contribution < 1.29 is 52.4 Å². The zero-order valence-corrected chi connectivity index (χ0v) is 42.8. The number of unbranched alkanes of at least 4 members (excludes halogenated alkanes) is 7. The monoisotopic (exact) mass is 1020 g/mol. The van der Waals surface area contributed by atoms with Crippen molar-refractivity contribution in [1.82, 2.24) is 41.0 Å². The Hall–Kier alpha value is -4.86. The molecule has 1 aliphatic rings. The number of rotatable bonds is 33. The lowest BCUT2D eigenvalue weighted by molar-refractivity contribution is -0.140. The Morgan fingerprint density at radius 2 is 1.50 bits per heavy atom. The largest absolute Gasteiger partial charge is 0.469 e. The predicted octanol–water partition coefficient (Wildman–Crippen LogP) is 1.92. The highest BCUT2D eigenvalue weighted by atomic mass is 32.1. The molecule has 1 aliphatic heterocycles. The van der Waals surface area contributed by atoms with E-state index in [1.165, 1.54) is 17.4 Å². The third-order valence-corrected chi connectivity index (χ3v) is 13.0. The standard InChI is InChI=1S/C47H77N10O11PS/c1-31(2)26-37(54-47(64)39-21-17-25-57(39)40(58)22-14-10-15-23-51-44(61)36(48)29-70)46(63)53-38(45(62)52-32(3)43(60)55-41(42(49)59)33(4)68-69(65,66)67)27-35-28-50-30-56(35)24-16-8-6-5-7-11-18-34-19-12-9-13-20-34/h9,12-13,19-20,28,30-33,36-39,41,70H,5-8,10-11,14-18,21-27,29,48H2,1-4H3,(H2,49,59)(H,51,61)(H,52,62)(H,53,63)(H,54,64)(H,55,60)(H2,65,66,67). The summed E-state index contributed by atoms with van der Waals surface area (Å²) in [5.74, 6) is -4.40. The lowest BCUT2D eigenvalue weighted by atomic mass is 10.0. The van der Waals surface area contributed by atoms with E-state index in [-0.39, 0.29) is 42.7 Å². The van der Waals surface area contributed by atoms with E-state index < -0.39 is 79.7 Å². The molecule has 2 aromatic rings. The minimum Gasteiger partial charge on any atom is -0.368 e. The maximum absolute atomic E-state index is 14.3. The summed E-state index contributed by atoms with van der Waals surface area (Å²) in [6.45, 7) is 7.57. The van der Waals surface area contributed by atoms with Crippen LogP contribution in [0.3, 0.4) is 0 Å². The summed E-state index contributed by atoms with van der Waals surface area (Å²) in [6, 6.07) is 3.42. The molecule has 7 unspecified atom stereocenters. The summed E-state index contributed by atoms with van der Waals surface area (Å²) >= 11 is 4.03. The van der Waals surface area contributed by atoms with Crippen LogP contribution in [0.4, 0.5) is 0 Å². The number of nitrogens with one attached hydrogen (secondary N) is 5. The zero-order chi connectivity index (χ0) is 51.8. The molecule has 392 valence electrons. The Bertz CT molecular complexity index is 2040. The number of phosphoric ester groups is 1. The average molecular weight is 1020 g/mol. The molecule has 0 bridgehead atoms. The number of hydrogen-bond acceptors (Lipinski definition) is 12. The first kappa shape index (κ1) is 59.4. The first-order valence-electron chi connectivity index (χ1n) is 24.4. The third-order valence-electron chi connectivity index (χ3n) is 12.0. The number of aromatic nitrogens is 2. The van der Waals surface area contributed by atoms with Crippen LogP contribution in [0.5, 0.6) is 0 Å². The maximum Gasteiger partial charge on any atom is 0.469 e. The van der Waals surface area contributed by atoms with E-state index in [9.17, 15) is 47.9 Å². The van der Waals surface area contributed by atoms with Gasteiger partial charge in [0, 0.05) is 50.1 Å². The minimum atomic E-state index is -5.08. The molecule has 7 amide bonds. The van der Waals surface area contributed by atoms with Gasteiger partial charge in [0.2, 0.25) is 41.4 Å². The number of amides is 7. The average Bonchev–Trinajstić information content (AvgIpc) is 3.99. The second-order valence-corrected chi connectivity index (χ2v) is 20.0. The lowest BCUT2D eigenvalue weighted by Gasteiger charge is -2.29. The van der Waals surface area contributed by atoms with Gasteiger partial charge >= 0.3 is 7.82 Å². The van der Waals surface area contributed by atoms with Crippen molar-refractivity contribution in [3.05, 3.63) is 54.1 Å². The van der Waals surface area contributed by atoms with Gasteiger partial charge in [0.25, 0.3) is 0 Å². The third kappa shape index (κ3) is 21.6. The number of benzene rings is 1. The number of likely N-dealkylation sites (tertiary alicyclic amines) is 1. The summed E-state index contributed by atoms with van der Waals surface area (Å²) in [4.78, 5) is 117. The first-order chi connectivity index (χ1) is 33.2. The second kappa shape index (κ2) is 30.8. The molecule has 0 radical (unpaired) electrons. The van der Waals surface area contributed by atoms with Crippen LogP contribution in [0, 0.1) is 5.92 Å². The molecule has 1 aromatic carbocycles. The van der Waals surface area contributed by atoms with E-state index in [2.05, 4.69) is 60.9 Å². The van der Waals surface area contributed by atoms with Crippen molar-refractivity contribution in [3.63, 3.8) is 0 Å². The Balaban J connectivity index is 1.71. The highest BCUT2D eigenvalue weighted by Crippen LogP contribution is 2.38. The van der Waals surface area contributed by atoms with E-state index in [1.54, 1.807) is 12.5 Å². The topological polar surface area (TPSA) is 320 Å². The molecule has 0 saturated carbocycles. The van der Waals surface area contributed by atoms with Gasteiger partial charge in [-0.25, -0.2) is 9.55 Å². The molecule has 2 heterocycles. The summed E-state index contributed by atoms with van der Waals surface area (Å²) in [6.07, 6.45) is 12.1. The van der Waals surface area contributed by atoms with Crippen molar-refractivity contribution in [1.29, 1.82) is 0 Å². The smallest absolute Gasteiger partial charge is 0.368 e. The number of hydrogen-bond donors (Lipinski definition) is 10. The van der Waals surface area contributed by atoms with Gasteiger partial charge in [-0.3, -0.25) is 38.1 Å². The molecule has 21 nitrogen and oxygen atoms in total. The maximum atomic E-state index is 14.3. The van der Waals surface area contributed by atoms with Crippen molar-refractivity contribution in [2.24, 2.45) is 17.4 Å². The molecule has 11 N–H and O–H groups in total. The van der Waals surface area contributed by atoms with Crippen molar-refractivity contribution >= 4 is 61.8 Å². The Morgan fingerprint density at radius 3 is 2.16 bits per heavy atom. The molecule has 0 spiro atoms. The van der Waals surface area contributed by atoms with Crippen LogP contribution in [0.1, 0.15) is 122 Å². The van der Waals surface area contributed by atoms with Crippen molar-refractivity contribution in [2.75, 3.05) is 18.8 Å². The van der Waals surface area contributed by atoms with Crippen LogP contribution in [0.15, 0.2) is 42.9 Å². The molecule has 0 aliphatic carbocycles. The minimum absolute atomic E-state index is 0.0642. The van der Waals surface area contributed by atoms with Crippen molar-refractivity contribution in [2.45, 2.75) is 173 Å². The Morgan fingerprint density at radius 1 is 0.843 bits per heavy atom. The number of nitrogens with two attached hydrogens (primary N) is 2. The van der Waals surface area contributed by atoms with Crippen molar-refractivity contribution in [3.8, 4) is 0 Å². The van der Waals surface area contributed by atoms with E-state index in [0.29, 0.717) is 57.4 Å².